The third-order valence-corrected chi connectivity index (χ3v) is 9.78. The first-order chi connectivity index (χ1) is 13.9. The minimum atomic E-state index is 0.799. The molecule has 144 valence electrons. The molecule has 0 unspecified atom stereocenters. The molecular weight excluding hydrogens is 376 g/mol. The van der Waals surface area contributed by atoms with E-state index in [0.717, 1.165) is 11.8 Å². The van der Waals surface area contributed by atoms with Gasteiger partial charge in [-0.05, 0) is 60.8 Å². The highest BCUT2D eigenvalue weighted by Crippen LogP contribution is 2.46. The molecule has 2 aliphatic carbocycles. The van der Waals surface area contributed by atoms with Crippen LogP contribution in [0.25, 0.3) is 29.6 Å². The van der Waals surface area contributed by atoms with Crippen LogP contribution in [0.15, 0.2) is 36.4 Å². The first-order valence-corrected chi connectivity index (χ1v) is 12.9. The van der Waals surface area contributed by atoms with Crippen LogP contribution >= 0.6 is 22.7 Å². The van der Waals surface area contributed by atoms with E-state index in [9.17, 15) is 0 Å². The largest absolute Gasteiger partial charge is 0.134 e. The lowest BCUT2D eigenvalue weighted by Gasteiger charge is -2.22. The summed E-state index contributed by atoms with van der Waals surface area (Å²) in [5.74, 6) is 1.60. The summed E-state index contributed by atoms with van der Waals surface area (Å²) in [6.45, 7) is 0. The molecule has 0 radical (unpaired) electrons. The SMILES string of the molecule is c1cc2c(cc1C1CCCCC1)sc1c3ccc(C4CCCCC4)cc3sc21. The van der Waals surface area contributed by atoms with Crippen molar-refractivity contribution in [2.24, 2.45) is 0 Å². The number of hydrogen-bond donors (Lipinski definition) is 0. The Morgan fingerprint density at radius 1 is 0.536 bits per heavy atom. The Hall–Kier alpha value is -1.38. The van der Waals surface area contributed by atoms with E-state index < -0.39 is 0 Å². The van der Waals surface area contributed by atoms with Gasteiger partial charge in [0.05, 0.1) is 9.40 Å². The van der Waals surface area contributed by atoms with Crippen molar-refractivity contribution < 1.29 is 0 Å². The number of benzene rings is 2. The maximum atomic E-state index is 2.52. The number of rotatable bonds is 2. The molecular formula is C26H28S2. The second-order valence-electron chi connectivity index (χ2n) is 9.04. The van der Waals surface area contributed by atoms with E-state index in [1.165, 1.54) is 93.8 Å². The van der Waals surface area contributed by atoms with Crippen LogP contribution in [0.5, 0.6) is 0 Å². The molecule has 2 aliphatic rings. The predicted octanol–water partition coefficient (Wildman–Crippen LogP) is 9.36. The summed E-state index contributed by atoms with van der Waals surface area (Å²) in [6, 6.07) is 14.8. The van der Waals surface area contributed by atoms with Crippen molar-refractivity contribution in [1.29, 1.82) is 0 Å². The highest BCUT2D eigenvalue weighted by Gasteiger charge is 2.20. The quantitative estimate of drug-likeness (QED) is 0.312. The van der Waals surface area contributed by atoms with Crippen LogP contribution in [-0.4, -0.2) is 0 Å². The number of fused-ring (bicyclic) bond motifs is 5. The van der Waals surface area contributed by atoms with Gasteiger partial charge in [-0.1, -0.05) is 62.8 Å². The number of hydrogen-bond acceptors (Lipinski definition) is 2. The van der Waals surface area contributed by atoms with E-state index in [2.05, 4.69) is 36.4 Å². The summed E-state index contributed by atoms with van der Waals surface area (Å²) in [5.41, 5.74) is 3.18. The van der Waals surface area contributed by atoms with Gasteiger partial charge in [0.1, 0.15) is 0 Å². The molecule has 0 nitrogen and oxygen atoms in total. The van der Waals surface area contributed by atoms with Gasteiger partial charge in [0.25, 0.3) is 0 Å². The topological polar surface area (TPSA) is 0 Å². The van der Waals surface area contributed by atoms with Crippen molar-refractivity contribution in [3.8, 4) is 0 Å². The molecule has 0 aliphatic heterocycles. The van der Waals surface area contributed by atoms with E-state index in [-0.39, 0.29) is 0 Å². The first kappa shape index (κ1) is 17.5. The lowest BCUT2D eigenvalue weighted by molar-refractivity contribution is 0.444. The zero-order chi connectivity index (χ0) is 18.5. The highest BCUT2D eigenvalue weighted by molar-refractivity contribution is 7.36. The van der Waals surface area contributed by atoms with Crippen LogP contribution in [0.2, 0.25) is 0 Å². The van der Waals surface area contributed by atoms with Crippen LogP contribution in [-0.2, 0) is 0 Å². The Morgan fingerprint density at radius 2 is 0.964 bits per heavy atom. The average molecular weight is 405 g/mol. The van der Waals surface area contributed by atoms with Crippen molar-refractivity contribution >= 4 is 52.2 Å². The molecule has 2 aromatic carbocycles. The van der Waals surface area contributed by atoms with Gasteiger partial charge >= 0.3 is 0 Å². The fraction of sp³-hybridized carbons (Fsp3) is 0.462. The van der Waals surface area contributed by atoms with Crippen LogP contribution in [0.4, 0.5) is 0 Å². The molecule has 4 aromatic rings. The van der Waals surface area contributed by atoms with E-state index >= 15 is 0 Å². The maximum absolute atomic E-state index is 2.52. The van der Waals surface area contributed by atoms with E-state index in [1.54, 1.807) is 11.1 Å². The molecule has 2 heteroatoms. The van der Waals surface area contributed by atoms with E-state index in [1.807, 2.05) is 22.7 Å². The molecule has 0 atom stereocenters. The molecule has 2 aromatic heterocycles. The lowest BCUT2D eigenvalue weighted by Crippen LogP contribution is -2.03. The summed E-state index contributed by atoms with van der Waals surface area (Å²) in [4.78, 5) is 0. The second-order valence-corrected chi connectivity index (χ2v) is 11.1. The normalized spacial score (nSPS) is 19.9. The maximum Gasteiger partial charge on any atom is 0.0542 e. The Kier molecular flexibility index (Phi) is 4.46. The van der Waals surface area contributed by atoms with Gasteiger partial charge in [-0.15, -0.1) is 22.7 Å². The van der Waals surface area contributed by atoms with Gasteiger partial charge in [0.15, 0.2) is 0 Å². The van der Waals surface area contributed by atoms with Gasteiger partial charge in [0.2, 0.25) is 0 Å². The molecule has 6 rings (SSSR count). The minimum Gasteiger partial charge on any atom is -0.134 e. The fourth-order valence-corrected chi connectivity index (χ4v) is 8.42. The molecule has 0 amide bonds. The highest BCUT2D eigenvalue weighted by atomic mass is 32.1. The van der Waals surface area contributed by atoms with Gasteiger partial charge in [-0.3, -0.25) is 0 Å². The second kappa shape index (κ2) is 7.15. The van der Waals surface area contributed by atoms with Crippen LogP contribution in [0, 0.1) is 0 Å². The van der Waals surface area contributed by atoms with Crippen LogP contribution in [0.3, 0.4) is 0 Å². The standard InChI is InChI=1S/C26H28S2/c1-3-7-17(8-4-1)19-11-13-21-23(15-19)27-26-22-14-12-20(16-24(22)28-25(21)26)18-9-5-2-6-10-18/h11-18H,1-10H2. The zero-order valence-corrected chi connectivity index (χ0v) is 18.1. The minimum absolute atomic E-state index is 0.799. The van der Waals surface area contributed by atoms with Gasteiger partial charge in [0, 0.05) is 20.2 Å². The van der Waals surface area contributed by atoms with Crippen molar-refractivity contribution in [1.82, 2.24) is 0 Å². The molecule has 2 fully saturated rings. The zero-order valence-electron chi connectivity index (χ0n) is 16.5. The Bertz CT molecular complexity index is 1040. The van der Waals surface area contributed by atoms with Crippen molar-refractivity contribution in [3.63, 3.8) is 0 Å². The third kappa shape index (κ3) is 2.92. The van der Waals surface area contributed by atoms with Crippen molar-refractivity contribution in [3.05, 3.63) is 47.5 Å². The summed E-state index contributed by atoms with van der Waals surface area (Å²) < 4.78 is 6.04. The molecule has 2 heterocycles. The first-order valence-electron chi connectivity index (χ1n) is 11.3. The summed E-state index contributed by atoms with van der Waals surface area (Å²) >= 11 is 4.06. The Labute approximate surface area is 175 Å². The van der Waals surface area contributed by atoms with Crippen LogP contribution < -0.4 is 0 Å². The van der Waals surface area contributed by atoms with Gasteiger partial charge < -0.3 is 0 Å². The van der Waals surface area contributed by atoms with Crippen LogP contribution in [0.1, 0.15) is 87.2 Å². The Balaban J connectivity index is 1.42. The molecule has 0 bridgehead atoms. The van der Waals surface area contributed by atoms with E-state index in [0.29, 0.717) is 0 Å². The smallest absolute Gasteiger partial charge is 0.0542 e. The van der Waals surface area contributed by atoms with E-state index in [4.69, 9.17) is 0 Å². The molecule has 0 spiro atoms. The van der Waals surface area contributed by atoms with Crippen molar-refractivity contribution in [2.75, 3.05) is 0 Å². The lowest BCUT2D eigenvalue weighted by atomic mass is 9.84. The van der Waals surface area contributed by atoms with Gasteiger partial charge in [-0.2, -0.15) is 0 Å². The molecule has 0 saturated heterocycles. The number of thiophene rings is 2. The van der Waals surface area contributed by atoms with Gasteiger partial charge in [-0.25, -0.2) is 0 Å². The Morgan fingerprint density at radius 3 is 1.39 bits per heavy atom. The summed E-state index contributed by atoms with van der Waals surface area (Å²) in [5, 5.41) is 2.97. The fourth-order valence-electron chi connectivity index (χ4n) is 5.67. The summed E-state index contributed by atoms with van der Waals surface area (Å²) in [7, 11) is 0. The third-order valence-electron chi connectivity index (χ3n) is 7.28. The summed E-state index contributed by atoms with van der Waals surface area (Å²) in [6.07, 6.45) is 14.1. The average Bonchev–Trinajstić information content (AvgIpc) is 3.30. The predicted molar refractivity (Wildman–Crippen MR) is 126 cm³/mol. The van der Waals surface area contributed by atoms with Crippen molar-refractivity contribution in [2.45, 2.75) is 76.0 Å². The molecule has 2 saturated carbocycles. The molecule has 28 heavy (non-hydrogen) atoms. The monoisotopic (exact) mass is 404 g/mol. The molecule has 0 N–H and O–H groups in total.